The fourth-order valence-electron chi connectivity index (χ4n) is 3.26. The largest absolute Gasteiger partial charge is 0.475 e. The molecule has 33 heavy (non-hydrogen) atoms. The number of carbonyl (C=O) groups is 2. The van der Waals surface area contributed by atoms with Gasteiger partial charge in [0.2, 0.25) is 11.7 Å². The summed E-state index contributed by atoms with van der Waals surface area (Å²) in [5.74, 6) is -0.0529. The number of carboxylic acids is 1. The Kier molecular flexibility index (Phi) is 15.5. The number of ether oxygens (including phenoxy) is 1. The predicted molar refractivity (Wildman–Crippen MR) is 134 cm³/mol. The second kappa shape index (κ2) is 17.6. The van der Waals surface area contributed by atoms with E-state index in [9.17, 15) is 14.7 Å². The summed E-state index contributed by atoms with van der Waals surface area (Å²) in [5, 5.41) is 16.1. The van der Waals surface area contributed by atoms with Crippen LogP contribution in [0.2, 0.25) is 0 Å². The molecule has 0 spiro atoms. The molecular weight excluding hydrogens is 440 g/mol. The van der Waals surface area contributed by atoms with Gasteiger partial charge in [-0.3, -0.25) is 4.79 Å². The van der Waals surface area contributed by atoms with E-state index in [2.05, 4.69) is 27.5 Å². The Labute approximate surface area is 203 Å². The number of thioether (sulfide) groups is 1. The fraction of sp³-hybridized carbons (Fsp3) is 0.750. The lowest BCUT2D eigenvalue weighted by Gasteiger charge is -2.21. The second-order valence-corrected chi connectivity index (χ2v) is 9.62. The Morgan fingerprint density at radius 2 is 1.82 bits per heavy atom. The van der Waals surface area contributed by atoms with E-state index < -0.39 is 12.0 Å². The minimum atomic E-state index is -1.18. The smallest absolute Gasteiger partial charge is 0.374 e. The number of carboxylic acid groups (broad SMARTS) is 1. The zero-order valence-corrected chi connectivity index (χ0v) is 21.5. The maximum absolute atomic E-state index is 12.8. The quantitative estimate of drug-likeness (QED) is 0.143. The van der Waals surface area contributed by atoms with Gasteiger partial charge < -0.3 is 20.5 Å². The Bertz CT molecular complexity index is 703. The summed E-state index contributed by atoms with van der Waals surface area (Å²) in [7, 11) is 0. The van der Waals surface area contributed by atoms with E-state index in [1.165, 1.54) is 37.4 Å². The molecule has 0 saturated heterocycles. The van der Waals surface area contributed by atoms with Gasteiger partial charge in [-0.2, -0.15) is 0 Å². The lowest BCUT2D eigenvalue weighted by Crippen LogP contribution is -2.41. The van der Waals surface area contributed by atoms with Gasteiger partial charge in [-0.25, -0.2) is 14.8 Å². The highest BCUT2D eigenvalue weighted by Crippen LogP contribution is 2.22. The van der Waals surface area contributed by atoms with Crippen molar-refractivity contribution in [2.75, 3.05) is 30.8 Å². The molecule has 0 saturated carbocycles. The average Bonchev–Trinajstić information content (AvgIpc) is 2.77. The first-order valence-electron chi connectivity index (χ1n) is 12.2. The van der Waals surface area contributed by atoms with Crippen LogP contribution in [-0.2, 0) is 9.53 Å². The lowest BCUT2D eigenvalue weighted by molar-refractivity contribution is -0.122. The van der Waals surface area contributed by atoms with E-state index in [4.69, 9.17) is 4.74 Å². The number of aromatic nitrogens is 2. The third-order valence-electron chi connectivity index (χ3n) is 4.96. The molecule has 0 aliphatic carbocycles. The van der Waals surface area contributed by atoms with Crippen LogP contribution < -0.4 is 10.6 Å². The van der Waals surface area contributed by atoms with Crippen molar-refractivity contribution < 1.29 is 19.4 Å². The van der Waals surface area contributed by atoms with Crippen molar-refractivity contribution in [1.82, 2.24) is 15.3 Å². The molecule has 0 aliphatic heterocycles. The van der Waals surface area contributed by atoms with Crippen LogP contribution >= 0.6 is 11.8 Å². The molecule has 0 aliphatic rings. The predicted octanol–water partition coefficient (Wildman–Crippen LogP) is 5.00. The molecule has 0 aromatic carbocycles. The molecule has 188 valence electrons. The average molecular weight is 483 g/mol. The van der Waals surface area contributed by atoms with Crippen molar-refractivity contribution >= 4 is 29.5 Å². The van der Waals surface area contributed by atoms with E-state index in [0.29, 0.717) is 37.0 Å². The van der Waals surface area contributed by atoms with Gasteiger partial charge in [-0.05, 0) is 37.9 Å². The number of hydrogen-bond donors (Lipinski definition) is 3. The lowest BCUT2D eigenvalue weighted by atomic mass is 10.0. The van der Waals surface area contributed by atoms with E-state index >= 15 is 0 Å². The van der Waals surface area contributed by atoms with Crippen molar-refractivity contribution in [3.05, 3.63) is 11.9 Å². The first kappa shape index (κ1) is 29.2. The molecule has 3 N–H and O–H groups in total. The number of aromatic carboxylic acids is 1. The number of anilines is 1. The SMILES string of the molecule is CCCCCCCCSc1cc(N[C@@H](CC(C)C)C(=O)NCCCOCC)nc(C(=O)O)n1. The molecule has 0 unspecified atom stereocenters. The van der Waals surface area contributed by atoms with E-state index in [-0.39, 0.29) is 17.6 Å². The first-order chi connectivity index (χ1) is 15.9. The number of nitrogens with zero attached hydrogens (tertiary/aromatic N) is 2. The van der Waals surface area contributed by atoms with Crippen LogP contribution in [0.4, 0.5) is 5.82 Å². The molecule has 0 radical (unpaired) electrons. The van der Waals surface area contributed by atoms with Gasteiger partial charge >= 0.3 is 5.97 Å². The summed E-state index contributed by atoms with van der Waals surface area (Å²) in [6.07, 6.45) is 8.55. The van der Waals surface area contributed by atoms with E-state index in [0.717, 1.165) is 25.0 Å². The minimum absolute atomic E-state index is 0.128. The summed E-state index contributed by atoms with van der Waals surface area (Å²) >= 11 is 1.53. The van der Waals surface area contributed by atoms with Gasteiger partial charge in [-0.1, -0.05) is 52.9 Å². The minimum Gasteiger partial charge on any atom is -0.475 e. The van der Waals surface area contributed by atoms with Crippen LogP contribution in [0, 0.1) is 5.92 Å². The van der Waals surface area contributed by atoms with Crippen molar-refractivity contribution in [2.24, 2.45) is 5.92 Å². The zero-order valence-electron chi connectivity index (χ0n) is 20.7. The molecular formula is C24H42N4O4S. The van der Waals surface area contributed by atoms with Crippen LogP contribution in [-0.4, -0.2) is 58.5 Å². The molecule has 8 nitrogen and oxygen atoms in total. The van der Waals surface area contributed by atoms with Crippen molar-refractivity contribution in [3.8, 4) is 0 Å². The summed E-state index contributed by atoms with van der Waals surface area (Å²) in [5.41, 5.74) is 0. The molecule has 9 heteroatoms. The molecule has 0 fully saturated rings. The van der Waals surface area contributed by atoms with Crippen molar-refractivity contribution in [2.45, 2.75) is 90.1 Å². The van der Waals surface area contributed by atoms with E-state index in [1.807, 2.05) is 20.8 Å². The molecule has 0 bridgehead atoms. The van der Waals surface area contributed by atoms with Gasteiger partial charge in [0.15, 0.2) is 0 Å². The third kappa shape index (κ3) is 13.4. The number of hydrogen-bond acceptors (Lipinski definition) is 7. The van der Waals surface area contributed by atoms with Crippen LogP contribution in [0.3, 0.4) is 0 Å². The van der Waals surface area contributed by atoms with Crippen LogP contribution in [0.25, 0.3) is 0 Å². The molecule has 1 amide bonds. The van der Waals surface area contributed by atoms with Gasteiger partial charge in [0.05, 0.1) is 0 Å². The highest BCUT2D eigenvalue weighted by molar-refractivity contribution is 7.99. The number of rotatable bonds is 19. The Morgan fingerprint density at radius 1 is 1.09 bits per heavy atom. The zero-order chi connectivity index (χ0) is 24.5. The first-order valence-corrected chi connectivity index (χ1v) is 13.2. The van der Waals surface area contributed by atoms with Gasteiger partial charge in [0, 0.05) is 25.8 Å². The number of nitrogens with one attached hydrogen (secondary N) is 2. The maximum atomic E-state index is 12.8. The third-order valence-corrected chi connectivity index (χ3v) is 5.95. The molecule has 1 aromatic heterocycles. The van der Waals surface area contributed by atoms with Crippen LogP contribution in [0.5, 0.6) is 0 Å². The normalized spacial score (nSPS) is 12.0. The molecule has 1 atom stereocenters. The fourth-order valence-corrected chi connectivity index (χ4v) is 4.17. The summed E-state index contributed by atoms with van der Waals surface area (Å²) in [6.45, 7) is 10.0. The number of amides is 1. The summed E-state index contributed by atoms with van der Waals surface area (Å²) < 4.78 is 5.31. The molecule has 1 heterocycles. The Hall–Kier alpha value is -1.87. The standard InChI is InChI=1S/C24H42N4O4S/c1-5-7-8-9-10-11-15-33-21-17-20(27-22(28-21)24(30)31)26-19(16-18(3)4)23(29)25-13-12-14-32-6-2/h17-19H,5-16H2,1-4H3,(H,25,29)(H,30,31)(H,26,27,28)/t19-/m0/s1. The van der Waals surface area contributed by atoms with E-state index in [1.54, 1.807) is 6.07 Å². The number of carbonyl (C=O) groups excluding carboxylic acids is 1. The molecule has 1 aromatic rings. The maximum Gasteiger partial charge on any atom is 0.374 e. The van der Waals surface area contributed by atoms with Gasteiger partial charge in [0.1, 0.15) is 16.9 Å². The summed E-state index contributed by atoms with van der Waals surface area (Å²) in [6, 6.07) is 1.23. The van der Waals surface area contributed by atoms with Crippen molar-refractivity contribution in [3.63, 3.8) is 0 Å². The molecule has 1 rings (SSSR count). The Morgan fingerprint density at radius 3 is 2.48 bits per heavy atom. The van der Waals surface area contributed by atoms with Crippen LogP contribution in [0.15, 0.2) is 11.1 Å². The second-order valence-electron chi connectivity index (χ2n) is 8.50. The Balaban J connectivity index is 2.76. The monoisotopic (exact) mass is 482 g/mol. The highest BCUT2D eigenvalue weighted by atomic mass is 32.2. The summed E-state index contributed by atoms with van der Waals surface area (Å²) in [4.78, 5) is 32.6. The van der Waals surface area contributed by atoms with Gasteiger partial charge in [-0.15, -0.1) is 11.8 Å². The van der Waals surface area contributed by atoms with Gasteiger partial charge in [0.25, 0.3) is 0 Å². The van der Waals surface area contributed by atoms with Crippen molar-refractivity contribution in [1.29, 1.82) is 0 Å². The van der Waals surface area contributed by atoms with Crippen LogP contribution in [0.1, 0.15) is 89.7 Å². The topological polar surface area (TPSA) is 113 Å². The highest BCUT2D eigenvalue weighted by Gasteiger charge is 2.21. The number of unbranched alkanes of at least 4 members (excludes halogenated alkanes) is 5.